The van der Waals surface area contributed by atoms with E-state index in [1.165, 1.54) is 13.2 Å². The predicted molar refractivity (Wildman–Crippen MR) is 99.5 cm³/mol. The Labute approximate surface area is 149 Å². The Morgan fingerprint density at radius 1 is 1.04 bits per heavy atom. The molecule has 0 unspecified atom stereocenters. The lowest BCUT2D eigenvalue weighted by atomic mass is 9.99. The first-order valence-electron chi connectivity index (χ1n) is 8.39. The molecule has 0 saturated heterocycles. The fourth-order valence-corrected chi connectivity index (χ4v) is 3.79. The van der Waals surface area contributed by atoms with Gasteiger partial charge in [-0.1, -0.05) is 42.5 Å². The van der Waals surface area contributed by atoms with Crippen molar-refractivity contribution in [1.82, 2.24) is 9.97 Å². The van der Waals surface area contributed by atoms with E-state index < -0.39 is 5.82 Å². The number of benzene rings is 3. The number of halogens is 1. The molecule has 0 radical (unpaired) electrons. The van der Waals surface area contributed by atoms with Gasteiger partial charge in [-0.25, -0.2) is 9.37 Å². The van der Waals surface area contributed by atoms with Gasteiger partial charge < -0.3 is 15.5 Å². The highest BCUT2D eigenvalue weighted by Crippen LogP contribution is 2.46. The van der Waals surface area contributed by atoms with E-state index in [1.807, 2.05) is 24.3 Å². The van der Waals surface area contributed by atoms with Gasteiger partial charge in [0.05, 0.1) is 24.2 Å². The van der Waals surface area contributed by atoms with Crippen LogP contribution in [0.2, 0.25) is 0 Å². The molecule has 5 heteroatoms. The second-order valence-corrected chi connectivity index (χ2v) is 6.42. The van der Waals surface area contributed by atoms with Gasteiger partial charge in [-0.05, 0) is 22.3 Å². The molecule has 5 rings (SSSR count). The van der Waals surface area contributed by atoms with E-state index in [-0.39, 0.29) is 11.8 Å². The number of aromatic amines is 1. The minimum absolute atomic E-state index is 0.150. The van der Waals surface area contributed by atoms with Crippen molar-refractivity contribution < 1.29 is 9.13 Å². The van der Waals surface area contributed by atoms with Crippen molar-refractivity contribution in [2.75, 3.05) is 7.11 Å². The summed E-state index contributed by atoms with van der Waals surface area (Å²) in [5.41, 5.74) is 13.1. The smallest absolute Gasteiger partial charge is 0.167 e. The van der Waals surface area contributed by atoms with Crippen LogP contribution in [0.25, 0.3) is 33.5 Å². The maximum atomic E-state index is 14.0. The van der Waals surface area contributed by atoms with E-state index >= 15 is 0 Å². The number of ether oxygens (including phenoxy) is 1. The molecule has 0 fully saturated rings. The van der Waals surface area contributed by atoms with Crippen molar-refractivity contribution in [2.24, 2.45) is 5.73 Å². The van der Waals surface area contributed by atoms with Gasteiger partial charge in [0.25, 0.3) is 0 Å². The SMILES string of the molecule is COc1cc2nc(-c3cccc4c3-c3ccccc3[C@H]4N)[nH]c2cc1F. The number of rotatable bonds is 2. The molecule has 3 aromatic carbocycles. The van der Waals surface area contributed by atoms with Crippen molar-refractivity contribution in [3.63, 3.8) is 0 Å². The number of hydrogen-bond acceptors (Lipinski definition) is 3. The van der Waals surface area contributed by atoms with Gasteiger partial charge in [-0.2, -0.15) is 0 Å². The molecule has 1 aliphatic carbocycles. The van der Waals surface area contributed by atoms with E-state index in [0.29, 0.717) is 16.9 Å². The molecule has 26 heavy (non-hydrogen) atoms. The van der Waals surface area contributed by atoms with Gasteiger partial charge in [0.2, 0.25) is 0 Å². The normalized spacial score (nSPS) is 15.1. The summed E-state index contributed by atoms with van der Waals surface area (Å²) in [7, 11) is 1.44. The predicted octanol–water partition coefficient (Wildman–Crippen LogP) is 4.41. The highest BCUT2D eigenvalue weighted by molar-refractivity contribution is 5.91. The lowest BCUT2D eigenvalue weighted by Crippen LogP contribution is -2.07. The van der Waals surface area contributed by atoms with Crippen LogP contribution in [0.3, 0.4) is 0 Å². The minimum atomic E-state index is -0.416. The quantitative estimate of drug-likeness (QED) is 0.566. The molecule has 1 aliphatic rings. The zero-order valence-corrected chi connectivity index (χ0v) is 14.1. The molecule has 0 saturated carbocycles. The van der Waals surface area contributed by atoms with Gasteiger partial charge in [0, 0.05) is 17.7 Å². The van der Waals surface area contributed by atoms with E-state index in [2.05, 4.69) is 28.2 Å². The van der Waals surface area contributed by atoms with E-state index in [4.69, 9.17) is 10.5 Å². The third kappa shape index (κ3) is 2.01. The lowest BCUT2D eigenvalue weighted by Gasteiger charge is -2.08. The van der Waals surface area contributed by atoms with Crippen LogP contribution in [0.15, 0.2) is 54.6 Å². The minimum Gasteiger partial charge on any atom is -0.494 e. The zero-order chi connectivity index (χ0) is 17.8. The number of imidazole rings is 1. The van der Waals surface area contributed by atoms with Crippen LogP contribution in [0.4, 0.5) is 4.39 Å². The number of hydrogen-bond donors (Lipinski definition) is 2. The molecule has 0 spiro atoms. The van der Waals surface area contributed by atoms with Crippen LogP contribution in [0, 0.1) is 5.82 Å². The van der Waals surface area contributed by atoms with Gasteiger partial charge in [-0.3, -0.25) is 0 Å². The molecule has 1 atom stereocenters. The number of H-pyrrole nitrogens is 1. The maximum absolute atomic E-state index is 14.0. The summed E-state index contributed by atoms with van der Waals surface area (Å²) in [6.45, 7) is 0. The molecule has 3 N–H and O–H groups in total. The highest BCUT2D eigenvalue weighted by atomic mass is 19.1. The molecule has 0 aliphatic heterocycles. The third-order valence-electron chi connectivity index (χ3n) is 5.01. The Morgan fingerprint density at radius 3 is 2.65 bits per heavy atom. The molecule has 128 valence electrons. The first kappa shape index (κ1) is 15.1. The van der Waals surface area contributed by atoms with Crippen LogP contribution < -0.4 is 10.5 Å². The van der Waals surface area contributed by atoms with Crippen molar-refractivity contribution in [3.8, 4) is 28.3 Å². The monoisotopic (exact) mass is 345 g/mol. The number of nitrogens with one attached hydrogen (secondary N) is 1. The topological polar surface area (TPSA) is 63.9 Å². The Balaban J connectivity index is 1.76. The standard InChI is InChI=1S/C21H16FN3O/c1-26-18-10-17-16(9-15(18)22)24-21(25-17)14-8-4-7-13-19(14)11-5-2-3-6-12(11)20(13)23/h2-10,20H,23H2,1H3,(H,24,25)/t20-/m1/s1. The van der Waals surface area contributed by atoms with Crippen molar-refractivity contribution in [3.05, 3.63) is 71.5 Å². The second kappa shape index (κ2) is 5.41. The average Bonchev–Trinajstić information content (AvgIpc) is 3.20. The molecule has 0 bridgehead atoms. The molecule has 0 amide bonds. The van der Waals surface area contributed by atoms with Crippen molar-refractivity contribution in [2.45, 2.75) is 6.04 Å². The fraction of sp³-hybridized carbons (Fsp3) is 0.0952. The second-order valence-electron chi connectivity index (χ2n) is 6.42. The lowest BCUT2D eigenvalue weighted by molar-refractivity contribution is 0.387. The molecular weight excluding hydrogens is 329 g/mol. The first-order chi connectivity index (χ1) is 12.7. The summed E-state index contributed by atoms with van der Waals surface area (Å²) < 4.78 is 19.1. The number of fused-ring (bicyclic) bond motifs is 4. The van der Waals surface area contributed by atoms with Crippen LogP contribution in [0.1, 0.15) is 17.2 Å². The summed E-state index contributed by atoms with van der Waals surface area (Å²) >= 11 is 0. The van der Waals surface area contributed by atoms with Crippen LogP contribution in [-0.2, 0) is 0 Å². The molecule has 1 aromatic heterocycles. The first-order valence-corrected chi connectivity index (χ1v) is 8.39. The van der Waals surface area contributed by atoms with E-state index in [1.54, 1.807) is 6.07 Å². The fourth-order valence-electron chi connectivity index (χ4n) is 3.79. The van der Waals surface area contributed by atoms with Crippen LogP contribution in [0.5, 0.6) is 5.75 Å². The van der Waals surface area contributed by atoms with E-state index in [0.717, 1.165) is 27.8 Å². The number of aromatic nitrogens is 2. The van der Waals surface area contributed by atoms with Gasteiger partial charge in [-0.15, -0.1) is 0 Å². The van der Waals surface area contributed by atoms with Crippen molar-refractivity contribution in [1.29, 1.82) is 0 Å². The summed E-state index contributed by atoms with van der Waals surface area (Å²) in [4.78, 5) is 7.90. The number of methoxy groups -OCH3 is 1. The van der Waals surface area contributed by atoms with Gasteiger partial charge in [0.15, 0.2) is 11.6 Å². The average molecular weight is 345 g/mol. The Kier molecular flexibility index (Phi) is 3.14. The molecule has 4 aromatic rings. The molecular formula is C21H16FN3O. The van der Waals surface area contributed by atoms with Crippen LogP contribution >= 0.6 is 0 Å². The summed E-state index contributed by atoms with van der Waals surface area (Å²) in [6, 6.07) is 17.1. The summed E-state index contributed by atoms with van der Waals surface area (Å²) in [6.07, 6.45) is 0. The summed E-state index contributed by atoms with van der Waals surface area (Å²) in [5.74, 6) is 0.454. The van der Waals surface area contributed by atoms with Gasteiger partial charge >= 0.3 is 0 Å². The largest absolute Gasteiger partial charge is 0.494 e. The van der Waals surface area contributed by atoms with Crippen LogP contribution in [-0.4, -0.2) is 17.1 Å². The number of nitrogens with two attached hydrogens (primary N) is 1. The summed E-state index contributed by atoms with van der Waals surface area (Å²) in [5, 5.41) is 0. The maximum Gasteiger partial charge on any atom is 0.167 e. The molecule has 4 nitrogen and oxygen atoms in total. The Morgan fingerprint density at radius 2 is 1.81 bits per heavy atom. The van der Waals surface area contributed by atoms with E-state index in [9.17, 15) is 4.39 Å². The Bertz CT molecular complexity index is 1170. The van der Waals surface area contributed by atoms with Crippen molar-refractivity contribution >= 4 is 11.0 Å². The number of nitrogens with zero attached hydrogens (tertiary/aromatic N) is 1. The highest BCUT2D eigenvalue weighted by Gasteiger charge is 2.28. The van der Waals surface area contributed by atoms with Gasteiger partial charge in [0.1, 0.15) is 5.82 Å². The Hall–Kier alpha value is -3.18. The molecule has 1 heterocycles. The third-order valence-corrected chi connectivity index (χ3v) is 5.01. The zero-order valence-electron chi connectivity index (χ0n) is 14.1.